The lowest BCUT2D eigenvalue weighted by atomic mass is 11.9. The van der Waals surface area contributed by atoms with Gasteiger partial charge in [0.15, 0.2) is 0 Å². The minimum atomic E-state index is -2.40. The van der Waals surface area contributed by atoms with E-state index in [1.165, 1.54) is 0 Å². The molecule has 8 heavy (non-hydrogen) atoms. The molecule has 0 bridgehead atoms. The predicted octanol–water partition coefficient (Wildman–Crippen LogP) is 1.87. The van der Waals surface area contributed by atoms with Gasteiger partial charge in [0.1, 0.15) is 5.16 Å². The van der Waals surface area contributed by atoms with Crippen LogP contribution in [0.1, 0.15) is 0 Å². The summed E-state index contributed by atoms with van der Waals surface area (Å²) < 4.78 is 0. The van der Waals surface area contributed by atoms with E-state index in [1.807, 2.05) is 13.3 Å². The molecule has 0 fully saturated rings. The predicted molar refractivity (Wildman–Crippen MR) is 51.6 cm³/mol. The van der Waals surface area contributed by atoms with Crippen LogP contribution in [0.5, 0.6) is 0 Å². The Morgan fingerprint density at radius 2 is 1.50 bits per heavy atom. The number of hydrogen-bond donors (Lipinski definition) is 2. The topological polar surface area (TPSA) is 20.2 Å². The molecule has 0 spiro atoms. The highest BCUT2D eigenvalue weighted by Crippen LogP contribution is 2.78. The van der Waals surface area contributed by atoms with Gasteiger partial charge >= 0.3 is 0 Å². The molecule has 0 aromatic carbocycles. The first-order valence-corrected chi connectivity index (χ1v) is 10.2. The van der Waals surface area contributed by atoms with Crippen molar-refractivity contribution >= 4 is 46.7 Å². The van der Waals surface area contributed by atoms with Crippen molar-refractivity contribution in [3.63, 3.8) is 0 Å². The highest BCUT2D eigenvalue weighted by molar-refractivity contribution is 8.90. The van der Waals surface area contributed by atoms with Crippen molar-refractivity contribution in [2.75, 3.05) is 13.3 Å². The Hall–Kier alpha value is 1.61. The fourth-order valence-electron chi connectivity index (χ4n) is 0. The van der Waals surface area contributed by atoms with Gasteiger partial charge in [-0.3, -0.25) is 0 Å². The second-order valence-corrected chi connectivity index (χ2v) is 19.6. The van der Waals surface area contributed by atoms with Crippen LogP contribution in [0.15, 0.2) is 0 Å². The van der Waals surface area contributed by atoms with E-state index in [2.05, 4.69) is 12.2 Å². The highest BCUT2D eigenvalue weighted by Gasteiger charge is 2.18. The molecular formula is C2H8OP2S3. The van der Waals surface area contributed by atoms with Crippen LogP contribution in [0, 0.1) is 0 Å². The Bertz CT molecular complexity index is 144. The minimum absolute atomic E-state index is 1.67. The molecule has 0 amide bonds. The van der Waals surface area contributed by atoms with Crippen molar-refractivity contribution < 1.29 is 4.89 Å². The Morgan fingerprint density at radius 1 is 1.38 bits per heavy atom. The van der Waals surface area contributed by atoms with Gasteiger partial charge in [0.2, 0.25) is 0 Å². The Labute approximate surface area is 65.0 Å². The van der Waals surface area contributed by atoms with Gasteiger partial charge in [0, 0.05) is 5.73 Å². The van der Waals surface area contributed by atoms with Gasteiger partial charge in [-0.25, -0.2) is 0 Å². The zero-order chi connectivity index (χ0) is 7.00. The molecule has 6 heteroatoms. The number of rotatable bonds is 1. The van der Waals surface area contributed by atoms with Gasteiger partial charge in [-0.05, 0) is 13.3 Å². The standard InChI is InChI=1S/C2H8OP2S3/c1-4(2,6)5(3,7)8/h1-2H3,(H2,3,7,8). The molecule has 1 N–H and O–H groups in total. The molecule has 0 aromatic rings. The summed E-state index contributed by atoms with van der Waals surface area (Å²) in [7, 11) is 0. The van der Waals surface area contributed by atoms with Crippen LogP contribution < -0.4 is 0 Å². The Kier molecular flexibility index (Phi) is 3.23. The molecule has 0 aliphatic carbocycles. The van der Waals surface area contributed by atoms with Crippen LogP contribution in [0.3, 0.4) is 0 Å². The molecule has 0 aliphatic heterocycles. The second kappa shape index (κ2) is 2.69. The SMILES string of the molecule is CP(C)(=S)P(O)(=S)S. The molecule has 0 aromatic heterocycles. The van der Waals surface area contributed by atoms with Crippen molar-refractivity contribution in [2.45, 2.75) is 0 Å². The maximum Gasteiger partial charge on any atom is 0.143 e. The van der Waals surface area contributed by atoms with Gasteiger partial charge < -0.3 is 4.89 Å². The molecule has 50 valence electrons. The quantitative estimate of drug-likeness (QED) is 0.505. The average molecular weight is 206 g/mol. The summed E-state index contributed by atoms with van der Waals surface area (Å²) in [6, 6.07) is 0. The Balaban J connectivity index is 4.53. The number of hydrogen-bond acceptors (Lipinski definition) is 2. The normalized spacial score (nSPS) is 20.0. The van der Waals surface area contributed by atoms with E-state index in [4.69, 9.17) is 28.5 Å². The van der Waals surface area contributed by atoms with Gasteiger partial charge in [0.25, 0.3) is 0 Å². The highest BCUT2D eigenvalue weighted by atomic mass is 33.1. The van der Waals surface area contributed by atoms with Crippen molar-refractivity contribution in [3.8, 4) is 0 Å². The van der Waals surface area contributed by atoms with Gasteiger partial charge in [-0.15, -0.1) is 12.2 Å². The van der Waals surface area contributed by atoms with E-state index in [9.17, 15) is 0 Å². The van der Waals surface area contributed by atoms with Crippen LogP contribution >= 0.6 is 23.1 Å². The molecule has 0 rings (SSSR count). The van der Waals surface area contributed by atoms with Crippen molar-refractivity contribution in [1.29, 1.82) is 0 Å². The third-order valence-electron chi connectivity index (χ3n) is 0.627. The molecule has 0 saturated carbocycles. The molecule has 1 atom stereocenters. The van der Waals surface area contributed by atoms with E-state index in [0.29, 0.717) is 0 Å². The first-order valence-electron chi connectivity index (χ1n) is 1.86. The summed E-state index contributed by atoms with van der Waals surface area (Å²) >= 11 is 13.5. The zero-order valence-electron chi connectivity index (χ0n) is 4.61. The van der Waals surface area contributed by atoms with E-state index in [-0.39, 0.29) is 0 Å². The monoisotopic (exact) mass is 206 g/mol. The molecule has 1 unspecified atom stereocenters. The summed E-state index contributed by atoms with van der Waals surface area (Å²) in [4.78, 5) is 9.09. The first kappa shape index (κ1) is 9.61. The maximum atomic E-state index is 9.09. The van der Waals surface area contributed by atoms with E-state index < -0.39 is 10.9 Å². The summed E-state index contributed by atoms with van der Waals surface area (Å²) in [5, 5.41) is -2.40. The van der Waals surface area contributed by atoms with E-state index in [0.717, 1.165) is 0 Å². The van der Waals surface area contributed by atoms with Crippen LogP contribution in [-0.4, -0.2) is 18.2 Å². The summed E-state index contributed by atoms with van der Waals surface area (Å²) in [6.45, 7) is 3.63. The van der Waals surface area contributed by atoms with Crippen molar-refractivity contribution in [1.82, 2.24) is 0 Å². The molecule has 0 aliphatic rings. The summed E-state index contributed by atoms with van der Waals surface area (Å²) in [5.41, 5.74) is -1.67. The van der Waals surface area contributed by atoms with Crippen molar-refractivity contribution in [3.05, 3.63) is 0 Å². The van der Waals surface area contributed by atoms with Crippen LogP contribution in [0.2, 0.25) is 0 Å². The lowest BCUT2D eigenvalue weighted by Crippen LogP contribution is -1.69. The largest absolute Gasteiger partial charge is 0.354 e. The lowest BCUT2D eigenvalue weighted by Gasteiger charge is -2.15. The molecular weight excluding hydrogens is 198 g/mol. The second-order valence-electron chi connectivity index (χ2n) is 1.81. The van der Waals surface area contributed by atoms with E-state index >= 15 is 0 Å². The van der Waals surface area contributed by atoms with Crippen LogP contribution in [-0.2, 0) is 23.6 Å². The van der Waals surface area contributed by atoms with Crippen molar-refractivity contribution in [2.24, 2.45) is 0 Å². The van der Waals surface area contributed by atoms with Crippen LogP contribution in [0.4, 0.5) is 0 Å². The Morgan fingerprint density at radius 3 is 1.50 bits per heavy atom. The fraction of sp³-hybridized carbons (Fsp3) is 1.00. The fourth-order valence-corrected chi connectivity index (χ4v) is 0. The third-order valence-corrected chi connectivity index (χ3v) is 17.5. The summed E-state index contributed by atoms with van der Waals surface area (Å²) in [6.07, 6.45) is 0. The smallest absolute Gasteiger partial charge is 0.143 e. The maximum absolute atomic E-state index is 9.09. The third kappa shape index (κ3) is 2.95. The summed E-state index contributed by atoms with van der Waals surface area (Å²) in [5.74, 6) is 0. The molecule has 0 heterocycles. The zero-order valence-corrected chi connectivity index (χ0v) is 8.92. The van der Waals surface area contributed by atoms with Gasteiger partial charge in [-0.1, -0.05) is 23.6 Å². The molecule has 0 radical (unpaired) electrons. The first-order chi connectivity index (χ1) is 3.25. The molecule has 0 saturated heterocycles. The minimum Gasteiger partial charge on any atom is -0.354 e. The van der Waals surface area contributed by atoms with Gasteiger partial charge in [-0.2, -0.15) is 0 Å². The lowest BCUT2D eigenvalue weighted by molar-refractivity contribution is 0.653. The van der Waals surface area contributed by atoms with Gasteiger partial charge in [0.05, 0.1) is 0 Å². The van der Waals surface area contributed by atoms with Crippen LogP contribution in [0.25, 0.3) is 0 Å². The number of thiol groups is 1. The average Bonchev–Trinajstić information content (AvgIpc) is 1.25. The molecule has 1 nitrogen and oxygen atoms in total. The van der Waals surface area contributed by atoms with E-state index in [1.54, 1.807) is 0 Å².